The molecule has 0 spiro atoms. The molecule has 0 atom stereocenters. The van der Waals surface area contributed by atoms with E-state index in [0.29, 0.717) is 56.1 Å². The average Bonchev–Trinajstić information content (AvgIpc) is 3.16. The fraction of sp³-hybridized carbons (Fsp3) is 0.520. The highest BCUT2D eigenvalue weighted by atomic mass is 16.6. The molecule has 4 rings (SSSR count). The van der Waals surface area contributed by atoms with E-state index in [9.17, 15) is 4.79 Å². The van der Waals surface area contributed by atoms with Crippen LogP contribution >= 0.6 is 0 Å². The molecule has 12 heteroatoms. The van der Waals surface area contributed by atoms with Crippen molar-refractivity contribution in [3.63, 3.8) is 0 Å². The monoisotopic (exact) mass is 514 g/mol. The Morgan fingerprint density at radius 3 is 2.43 bits per heavy atom. The van der Waals surface area contributed by atoms with E-state index in [-0.39, 0.29) is 17.9 Å². The maximum Gasteiger partial charge on any atom is 0.410 e. The van der Waals surface area contributed by atoms with Crippen molar-refractivity contribution in [2.75, 3.05) is 46.3 Å². The molecule has 1 aliphatic heterocycles. The SMILES string of the molecule is COCCOc1nc(N)c2nc(OC)n(Cc3ccc(C[NH2+]C4CN(C(=O)OC(C)(C)C)C4)cc3)c2n1. The average molecular weight is 515 g/mol. The van der Waals surface area contributed by atoms with Gasteiger partial charge in [-0.05, 0) is 26.3 Å². The number of likely N-dealkylation sites (tertiary alicyclic amines) is 1. The molecule has 1 aliphatic rings. The number of imidazole rings is 1. The molecule has 1 saturated heterocycles. The van der Waals surface area contributed by atoms with E-state index in [1.54, 1.807) is 19.1 Å². The van der Waals surface area contributed by atoms with Gasteiger partial charge in [-0.1, -0.05) is 24.3 Å². The molecule has 0 saturated carbocycles. The normalized spacial score (nSPS) is 14.0. The number of ether oxygens (including phenoxy) is 4. The number of hydrogen-bond donors (Lipinski definition) is 2. The Hall–Kier alpha value is -3.64. The summed E-state index contributed by atoms with van der Waals surface area (Å²) in [5, 5.41) is 2.26. The summed E-state index contributed by atoms with van der Waals surface area (Å²) < 4.78 is 23.3. The van der Waals surface area contributed by atoms with Gasteiger partial charge < -0.3 is 30.0 Å². The summed E-state index contributed by atoms with van der Waals surface area (Å²) in [6.45, 7) is 9.07. The van der Waals surface area contributed by atoms with Gasteiger partial charge in [-0.25, -0.2) is 4.79 Å². The zero-order valence-electron chi connectivity index (χ0n) is 22.1. The second kappa shape index (κ2) is 11.2. The van der Waals surface area contributed by atoms with E-state index in [4.69, 9.17) is 24.7 Å². The number of quaternary nitrogens is 1. The number of methoxy groups -OCH3 is 2. The zero-order valence-corrected chi connectivity index (χ0v) is 22.1. The van der Waals surface area contributed by atoms with Crippen LogP contribution in [0.1, 0.15) is 31.9 Å². The Morgan fingerprint density at radius 2 is 1.78 bits per heavy atom. The van der Waals surface area contributed by atoms with Crippen molar-refractivity contribution < 1.29 is 29.1 Å². The molecule has 1 aromatic carbocycles. The lowest BCUT2D eigenvalue weighted by atomic mass is 10.1. The number of carbonyl (C=O) groups is 1. The van der Waals surface area contributed by atoms with Crippen LogP contribution in [0.5, 0.6) is 12.0 Å². The Balaban J connectivity index is 1.36. The predicted molar refractivity (Wildman–Crippen MR) is 136 cm³/mol. The van der Waals surface area contributed by atoms with Crippen LogP contribution in [-0.2, 0) is 22.6 Å². The molecule has 12 nitrogen and oxygen atoms in total. The summed E-state index contributed by atoms with van der Waals surface area (Å²) in [6.07, 6.45) is -0.246. The summed E-state index contributed by atoms with van der Waals surface area (Å²) in [7, 11) is 3.15. The van der Waals surface area contributed by atoms with Crippen molar-refractivity contribution in [2.24, 2.45) is 0 Å². The number of fused-ring (bicyclic) bond motifs is 1. The van der Waals surface area contributed by atoms with Crippen LogP contribution < -0.4 is 20.5 Å². The maximum atomic E-state index is 12.1. The number of carbonyl (C=O) groups excluding carboxylic acids is 1. The van der Waals surface area contributed by atoms with Crippen LogP contribution in [0, 0.1) is 0 Å². The molecule has 0 aliphatic carbocycles. The van der Waals surface area contributed by atoms with E-state index in [1.807, 2.05) is 25.3 Å². The summed E-state index contributed by atoms with van der Waals surface area (Å²) in [5.74, 6) is 0.224. The number of rotatable bonds is 10. The molecule has 0 radical (unpaired) electrons. The number of aromatic nitrogens is 4. The highest BCUT2D eigenvalue weighted by molar-refractivity contribution is 5.83. The van der Waals surface area contributed by atoms with Gasteiger partial charge in [-0.15, -0.1) is 0 Å². The minimum Gasteiger partial charge on any atom is -0.468 e. The molecule has 0 bridgehead atoms. The van der Waals surface area contributed by atoms with Crippen LogP contribution in [-0.4, -0.2) is 82.7 Å². The van der Waals surface area contributed by atoms with Crippen molar-refractivity contribution >= 4 is 23.1 Å². The molecule has 3 heterocycles. The third-order valence-electron chi connectivity index (χ3n) is 5.88. The molecule has 4 N–H and O–H groups in total. The maximum absolute atomic E-state index is 12.1. The molecular weight excluding hydrogens is 478 g/mol. The third-order valence-corrected chi connectivity index (χ3v) is 5.88. The fourth-order valence-electron chi connectivity index (χ4n) is 3.96. The first-order chi connectivity index (χ1) is 17.7. The van der Waals surface area contributed by atoms with Gasteiger partial charge in [0.15, 0.2) is 17.0 Å². The number of benzene rings is 1. The van der Waals surface area contributed by atoms with E-state index < -0.39 is 5.60 Å². The lowest BCUT2D eigenvalue weighted by Gasteiger charge is -2.37. The minimum atomic E-state index is -0.472. The van der Waals surface area contributed by atoms with Crippen LogP contribution in [0.2, 0.25) is 0 Å². The quantitative estimate of drug-likeness (QED) is 0.381. The molecular formula is C25H36N7O5+. The summed E-state index contributed by atoms with van der Waals surface area (Å²) in [4.78, 5) is 27.0. The number of nitrogen functional groups attached to an aromatic ring is 1. The van der Waals surface area contributed by atoms with Gasteiger partial charge in [-0.3, -0.25) is 9.47 Å². The molecule has 1 fully saturated rings. The Kier molecular flexibility index (Phi) is 7.98. The second-order valence-electron chi connectivity index (χ2n) is 9.99. The van der Waals surface area contributed by atoms with E-state index in [1.165, 1.54) is 5.56 Å². The molecule has 2 aromatic heterocycles. The van der Waals surface area contributed by atoms with Gasteiger partial charge in [0.1, 0.15) is 24.8 Å². The first-order valence-electron chi connectivity index (χ1n) is 12.3. The van der Waals surface area contributed by atoms with Crippen molar-refractivity contribution in [1.29, 1.82) is 0 Å². The topological polar surface area (TPSA) is 143 Å². The van der Waals surface area contributed by atoms with Gasteiger partial charge in [0.25, 0.3) is 6.01 Å². The minimum absolute atomic E-state index is 0.165. The lowest BCUT2D eigenvalue weighted by molar-refractivity contribution is -0.713. The smallest absolute Gasteiger partial charge is 0.410 e. The van der Waals surface area contributed by atoms with Crippen molar-refractivity contribution in [3.8, 4) is 12.0 Å². The first-order valence-corrected chi connectivity index (χ1v) is 12.3. The van der Waals surface area contributed by atoms with Gasteiger partial charge in [-0.2, -0.15) is 15.0 Å². The molecule has 3 aromatic rings. The summed E-state index contributed by atoms with van der Waals surface area (Å²) >= 11 is 0. The number of hydrogen-bond acceptors (Lipinski definition) is 9. The van der Waals surface area contributed by atoms with Gasteiger partial charge in [0.05, 0.1) is 33.4 Å². The first kappa shape index (κ1) is 26.4. The predicted octanol–water partition coefficient (Wildman–Crippen LogP) is 1.17. The van der Waals surface area contributed by atoms with Crippen molar-refractivity contribution in [2.45, 2.75) is 45.5 Å². The van der Waals surface area contributed by atoms with Crippen LogP contribution in [0.25, 0.3) is 11.2 Å². The Labute approximate surface area is 216 Å². The van der Waals surface area contributed by atoms with Gasteiger partial charge in [0, 0.05) is 12.7 Å². The number of amides is 1. The Bertz CT molecular complexity index is 1220. The second-order valence-corrected chi connectivity index (χ2v) is 9.99. The van der Waals surface area contributed by atoms with Crippen LogP contribution in [0.4, 0.5) is 10.6 Å². The number of anilines is 1. The molecule has 0 unspecified atom stereocenters. The van der Waals surface area contributed by atoms with Crippen molar-refractivity contribution in [1.82, 2.24) is 24.4 Å². The fourth-order valence-corrected chi connectivity index (χ4v) is 3.96. The van der Waals surface area contributed by atoms with Crippen LogP contribution in [0.15, 0.2) is 24.3 Å². The highest BCUT2D eigenvalue weighted by Gasteiger charge is 2.35. The number of nitrogens with zero attached hydrogens (tertiary/aromatic N) is 5. The molecule has 200 valence electrons. The van der Waals surface area contributed by atoms with Crippen LogP contribution in [0.3, 0.4) is 0 Å². The van der Waals surface area contributed by atoms with Gasteiger partial charge >= 0.3 is 12.1 Å². The van der Waals surface area contributed by atoms with E-state index in [0.717, 1.165) is 12.1 Å². The molecule has 37 heavy (non-hydrogen) atoms. The summed E-state index contributed by atoms with van der Waals surface area (Å²) in [6, 6.07) is 9.28. The molecule has 1 amide bonds. The standard InChI is InChI=1S/C25H35N7O5/c1-25(2,3)37-24(33)31-14-18(15-31)27-12-16-6-8-17(9-7-16)13-32-21-19(28-23(32)35-5)20(26)29-22(30-21)36-11-10-34-4/h6-9,18,27H,10-15H2,1-5H3,(H2,26,29,30)/p+1. The largest absolute Gasteiger partial charge is 0.468 e. The summed E-state index contributed by atoms with van der Waals surface area (Å²) in [5.41, 5.74) is 8.89. The van der Waals surface area contributed by atoms with Gasteiger partial charge in [0.2, 0.25) is 0 Å². The lowest BCUT2D eigenvalue weighted by Crippen LogP contribution is -2.95. The van der Waals surface area contributed by atoms with Crippen molar-refractivity contribution in [3.05, 3.63) is 35.4 Å². The highest BCUT2D eigenvalue weighted by Crippen LogP contribution is 2.26. The number of nitrogens with two attached hydrogens (primary N) is 2. The Morgan fingerprint density at radius 1 is 1.08 bits per heavy atom. The third kappa shape index (κ3) is 6.57. The van der Waals surface area contributed by atoms with E-state index >= 15 is 0 Å². The zero-order chi connectivity index (χ0) is 26.6. The van der Waals surface area contributed by atoms with E-state index in [2.05, 4.69) is 44.5 Å².